The van der Waals surface area contributed by atoms with Crippen LogP contribution in [0.4, 0.5) is 11.4 Å². The molecule has 1 aromatic carbocycles. The molecule has 1 aliphatic carbocycles. The van der Waals surface area contributed by atoms with E-state index < -0.39 is 0 Å². The van der Waals surface area contributed by atoms with Crippen LogP contribution in [0.25, 0.3) is 0 Å². The summed E-state index contributed by atoms with van der Waals surface area (Å²) in [7, 11) is 1.66. The summed E-state index contributed by atoms with van der Waals surface area (Å²) in [6.07, 6.45) is 2.62. The van der Waals surface area contributed by atoms with Crippen molar-refractivity contribution in [1.82, 2.24) is 0 Å². The molecule has 2 rings (SSSR count). The molecule has 1 fully saturated rings. The molecule has 0 heterocycles. The van der Waals surface area contributed by atoms with E-state index in [2.05, 4.69) is 12.2 Å². The van der Waals surface area contributed by atoms with E-state index in [1.807, 2.05) is 18.2 Å². The Kier molecular flexibility index (Phi) is 2.47. The van der Waals surface area contributed by atoms with E-state index in [4.69, 9.17) is 10.5 Å². The second kappa shape index (κ2) is 3.65. The van der Waals surface area contributed by atoms with Gasteiger partial charge in [-0.25, -0.2) is 0 Å². The first-order chi connectivity index (χ1) is 7.13. The van der Waals surface area contributed by atoms with Crippen LogP contribution in [0.5, 0.6) is 5.75 Å². The summed E-state index contributed by atoms with van der Waals surface area (Å²) >= 11 is 0. The molecule has 3 heteroatoms. The van der Waals surface area contributed by atoms with Crippen LogP contribution in [0.15, 0.2) is 18.2 Å². The molecule has 0 radical (unpaired) electrons. The Morgan fingerprint density at radius 1 is 1.47 bits per heavy atom. The summed E-state index contributed by atoms with van der Waals surface area (Å²) in [5, 5.41) is 3.39. The molecule has 0 amide bonds. The Morgan fingerprint density at radius 3 is 2.80 bits per heavy atom. The zero-order chi connectivity index (χ0) is 10.9. The van der Waals surface area contributed by atoms with E-state index >= 15 is 0 Å². The fourth-order valence-electron chi connectivity index (χ4n) is 1.51. The van der Waals surface area contributed by atoms with Crippen molar-refractivity contribution in [2.24, 2.45) is 5.41 Å². The standard InChI is InChI=1S/C12H18N2O/c1-12(5-6-12)8-14-11-7-9(15-2)3-4-10(11)13/h3-4,7,14H,5-6,8,13H2,1-2H3. The van der Waals surface area contributed by atoms with Crippen LogP contribution in [0.1, 0.15) is 19.8 Å². The van der Waals surface area contributed by atoms with Gasteiger partial charge in [0.05, 0.1) is 18.5 Å². The number of hydrogen-bond donors (Lipinski definition) is 2. The van der Waals surface area contributed by atoms with E-state index in [0.717, 1.165) is 23.7 Å². The Morgan fingerprint density at radius 2 is 2.20 bits per heavy atom. The van der Waals surface area contributed by atoms with E-state index in [-0.39, 0.29) is 0 Å². The molecule has 0 bridgehead atoms. The van der Waals surface area contributed by atoms with Gasteiger partial charge in [-0.1, -0.05) is 6.92 Å². The lowest BCUT2D eigenvalue weighted by Crippen LogP contribution is -2.12. The Labute approximate surface area is 90.6 Å². The SMILES string of the molecule is COc1ccc(N)c(NCC2(C)CC2)c1. The van der Waals surface area contributed by atoms with Crippen LogP contribution >= 0.6 is 0 Å². The molecule has 0 saturated heterocycles. The minimum atomic E-state index is 0.482. The van der Waals surface area contributed by atoms with Gasteiger partial charge < -0.3 is 15.8 Å². The molecule has 0 aromatic heterocycles. The maximum Gasteiger partial charge on any atom is 0.121 e. The Balaban J connectivity index is 2.05. The molecule has 3 nitrogen and oxygen atoms in total. The highest BCUT2D eigenvalue weighted by Crippen LogP contribution is 2.45. The summed E-state index contributed by atoms with van der Waals surface area (Å²) in [4.78, 5) is 0. The highest BCUT2D eigenvalue weighted by Gasteiger charge is 2.36. The zero-order valence-electron chi connectivity index (χ0n) is 9.34. The van der Waals surface area contributed by atoms with Gasteiger partial charge in [0.2, 0.25) is 0 Å². The number of nitrogens with two attached hydrogens (primary N) is 1. The maximum absolute atomic E-state index is 5.88. The lowest BCUT2D eigenvalue weighted by molar-refractivity contribution is 0.415. The molecule has 1 aliphatic rings. The molecule has 0 atom stereocenters. The summed E-state index contributed by atoms with van der Waals surface area (Å²) in [5.41, 5.74) is 8.11. The van der Waals surface area contributed by atoms with Crippen LogP contribution in [0.2, 0.25) is 0 Å². The third-order valence-electron chi connectivity index (χ3n) is 3.07. The predicted octanol–water partition coefficient (Wildman–Crippen LogP) is 2.49. The molecule has 0 unspecified atom stereocenters. The van der Waals surface area contributed by atoms with Gasteiger partial charge in [0.25, 0.3) is 0 Å². The number of nitrogen functional groups attached to an aromatic ring is 1. The predicted molar refractivity (Wildman–Crippen MR) is 63.2 cm³/mol. The molecular weight excluding hydrogens is 188 g/mol. The summed E-state index contributed by atoms with van der Waals surface area (Å²) < 4.78 is 5.16. The lowest BCUT2D eigenvalue weighted by atomic mass is 10.1. The van der Waals surface area contributed by atoms with Gasteiger partial charge in [-0.2, -0.15) is 0 Å². The molecule has 0 aliphatic heterocycles. The first-order valence-electron chi connectivity index (χ1n) is 5.30. The number of anilines is 2. The Hall–Kier alpha value is -1.38. The van der Waals surface area contributed by atoms with Crippen LogP contribution < -0.4 is 15.8 Å². The van der Waals surface area contributed by atoms with Crippen molar-refractivity contribution in [3.8, 4) is 5.75 Å². The first kappa shape index (κ1) is 10.1. The Bertz CT molecular complexity index is 359. The number of methoxy groups -OCH3 is 1. The molecule has 0 spiro atoms. The third kappa shape index (κ3) is 2.35. The second-order valence-electron chi connectivity index (χ2n) is 4.62. The molecule has 82 valence electrons. The molecule has 15 heavy (non-hydrogen) atoms. The molecular formula is C12H18N2O. The van der Waals surface area contributed by atoms with Crippen molar-refractivity contribution in [3.05, 3.63) is 18.2 Å². The van der Waals surface area contributed by atoms with Crippen LogP contribution in [0.3, 0.4) is 0 Å². The summed E-state index contributed by atoms with van der Waals surface area (Å²) in [6.45, 7) is 3.28. The minimum Gasteiger partial charge on any atom is -0.497 e. The highest BCUT2D eigenvalue weighted by molar-refractivity contribution is 5.68. The van der Waals surface area contributed by atoms with Gasteiger partial charge >= 0.3 is 0 Å². The monoisotopic (exact) mass is 206 g/mol. The minimum absolute atomic E-state index is 0.482. The van der Waals surface area contributed by atoms with Crippen molar-refractivity contribution in [2.45, 2.75) is 19.8 Å². The van der Waals surface area contributed by atoms with Crippen molar-refractivity contribution in [3.63, 3.8) is 0 Å². The van der Waals surface area contributed by atoms with Crippen LogP contribution in [-0.2, 0) is 0 Å². The van der Waals surface area contributed by atoms with Gasteiger partial charge in [-0.15, -0.1) is 0 Å². The number of nitrogens with one attached hydrogen (secondary N) is 1. The largest absolute Gasteiger partial charge is 0.497 e. The number of hydrogen-bond acceptors (Lipinski definition) is 3. The van der Waals surface area contributed by atoms with Crippen molar-refractivity contribution >= 4 is 11.4 Å². The fraction of sp³-hybridized carbons (Fsp3) is 0.500. The van der Waals surface area contributed by atoms with Crippen molar-refractivity contribution in [2.75, 3.05) is 24.7 Å². The topological polar surface area (TPSA) is 47.3 Å². The van der Waals surface area contributed by atoms with Crippen LogP contribution in [-0.4, -0.2) is 13.7 Å². The number of benzene rings is 1. The average molecular weight is 206 g/mol. The quantitative estimate of drug-likeness (QED) is 0.744. The van der Waals surface area contributed by atoms with Crippen molar-refractivity contribution < 1.29 is 4.74 Å². The zero-order valence-corrected chi connectivity index (χ0v) is 9.34. The molecule has 1 saturated carbocycles. The van der Waals surface area contributed by atoms with Gasteiger partial charge in [-0.05, 0) is 30.4 Å². The second-order valence-corrected chi connectivity index (χ2v) is 4.62. The first-order valence-corrected chi connectivity index (χ1v) is 5.30. The van der Waals surface area contributed by atoms with Crippen LogP contribution in [0, 0.1) is 5.41 Å². The maximum atomic E-state index is 5.88. The number of rotatable bonds is 4. The smallest absolute Gasteiger partial charge is 0.121 e. The normalized spacial score (nSPS) is 17.2. The number of ether oxygens (including phenoxy) is 1. The third-order valence-corrected chi connectivity index (χ3v) is 3.07. The molecule has 1 aromatic rings. The van der Waals surface area contributed by atoms with E-state index in [1.165, 1.54) is 12.8 Å². The van der Waals surface area contributed by atoms with Crippen molar-refractivity contribution in [1.29, 1.82) is 0 Å². The van der Waals surface area contributed by atoms with E-state index in [9.17, 15) is 0 Å². The average Bonchev–Trinajstić information content (AvgIpc) is 2.96. The fourth-order valence-corrected chi connectivity index (χ4v) is 1.51. The highest BCUT2D eigenvalue weighted by atomic mass is 16.5. The van der Waals surface area contributed by atoms with Gasteiger partial charge in [-0.3, -0.25) is 0 Å². The van der Waals surface area contributed by atoms with Gasteiger partial charge in [0, 0.05) is 12.6 Å². The summed E-state index contributed by atoms with van der Waals surface area (Å²) in [6, 6.07) is 5.69. The van der Waals surface area contributed by atoms with Gasteiger partial charge in [0.15, 0.2) is 0 Å². The molecule has 3 N–H and O–H groups in total. The summed E-state index contributed by atoms with van der Waals surface area (Å²) in [5.74, 6) is 0.840. The van der Waals surface area contributed by atoms with E-state index in [1.54, 1.807) is 7.11 Å². The van der Waals surface area contributed by atoms with Gasteiger partial charge in [0.1, 0.15) is 5.75 Å². The lowest BCUT2D eigenvalue weighted by Gasteiger charge is -2.14. The van der Waals surface area contributed by atoms with E-state index in [0.29, 0.717) is 5.41 Å².